The monoisotopic (exact) mass is 314 g/mol. The highest BCUT2D eigenvalue weighted by Crippen LogP contribution is 2.35. The normalized spacial score (nSPS) is 10.5. The molecule has 5 nitrogen and oxygen atoms in total. The van der Waals surface area contributed by atoms with Gasteiger partial charge in [-0.2, -0.15) is 0 Å². The van der Waals surface area contributed by atoms with Crippen molar-refractivity contribution in [3.63, 3.8) is 0 Å². The Hall–Kier alpha value is -2.95. The fourth-order valence-corrected chi connectivity index (χ4v) is 2.06. The van der Waals surface area contributed by atoms with Crippen molar-refractivity contribution in [1.82, 2.24) is 0 Å². The molecule has 2 rings (SSSR count). The smallest absolute Gasteiger partial charge is 0.328 e. The van der Waals surface area contributed by atoms with Gasteiger partial charge < -0.3 is 19.3 Å². The number of hydrogen-bond acceptors (Lipinski definition) is 4. The first-order valence-electron chi connectivity index (χ1n) is 6.97. The first kappa shape index (κ1) is 16.4. The third kappa shape index (κ3) is 4.51. The SMILES string of the molecule is COc1cc(OCc2ccccc2)cc(OC)c1C=CC(=O)O. The predicted octanol–water partition coefficient (Wildman–Crippen LogP) is 3.38. The Balaban J connectivity index is 2.26. The van der Waals surface area contributed by atoms with Gasteiger partial charge in [0.2, 0.25) is 0 Å². The van der Waals surface area contributed by atoms with Gasteiger partial charge in [0.15, 0.2) is 0 Å². The second kappa shape index (κ2) is 7.89. The molecule has 0 aliphatic carbocycles. The maximum atomic E-state index is 10.7. The summed E-state index contributed by atoms with van der Waals surface area (Å²) in [4.78, 5) is 10.7. The molecule has 2 aromatic carbocycles. The summed E-state index contributed by atoms with van der Waals surface area (Å²) in [5.41, 5.74) is 1.59. The van der Waals surface area contributed by atoms with Crippen molar-refractivity contribution in [2.45, 2.75) is 6.61 Å². The zero-order valence-electron chi connectivity index (χ0n) is 13.0. The van der Waals surface area contributed by atoms with Crippen LogP contribution in [0.2, 0.25) is 0 Å². The Bertz CT molecular complexity index is 667. The Labute approximate surface area is 134 Å². The van der Waals surface area contributed by atoms with Gasteiger partial charge in [-0.25, -0.2) is 4.79 Å². The second-order valence-corrected chi connectivity index (χ2v) is 4.69. The zero-order chi connectivity index (χ0) is 16.7. The van der Waals surface area contributed by atoms with Gasteiger partial charge >= 0.3 is 5.97 Å². The lowest BCUT2D eigenvalue weighted by atomic mass is 10.1. The molecule has 0 aliphatic heterocycles. The van der Waals surface area contributed by atoms with E-state index < -0.39 is 5.97 Å². The number of ether oxygens (including phenoxy) is 3. The number of benzene rings is 2. The van der Waals surface area contributed by atoms with E-state index >= 15 is 0 Å². The first-order chi connectivity index (χ1) is 11.1. The van der Waals surface area contributed by atoms with Gasteiger partial charge in [0.25, 0.3) is 0 Å². The molecule has 0 fully saturated rings. The van der Waals surface area contributed by atoms with Crippen LogP contribution in [0.5, 0.6) is 17.2 Å². The maximum Gasteiger partial charge on any atom is 0.328 e. The van der Waals surface area contributed by atoms with Crippen LogP contribution in [0.15, 0.2) is 48.5 Å². The highest BCUT2D eigenvalue weighted by atomic mass is 16.5. The largest absolute Gasteiger partial charge is 0.496 e. The lowest BCUT2D eigenvalue weighted by Gasteiger charge is -2.14. The lowest BCUT2D eigenvalue weighted by molar-refractivity contribution is -0.131. The summed E-state index contributed by atoms with van der Waals surface area (Å²) in [6, 6.07) is 13.2. The molecule has 23 heavy (non-hydrogen) atoms. The number of carboxylic acid groups (broad SMARTS) is 1. The van der Waals surface area contributed by atoms with Crippen molar-refractivity contribution in [2.75, 3.05) is 14.2 Å². The quantitative estimate of drug-likeness (QED) is 0.794. The molecular formula is C18H18O5. The Morgan fingerprint density at radius 1 is 1.09 bits per heavy atom. The molecule has 5 heteroatoms. The molecule has 0 aliphatic rings. The van der Waals surface area contributed by atoms with E-state index in [0.29, 0.717) is 29.4 Å². The van der Waals surface area contributed by atoms with Crippen LogP contribution in [0.4, 0.5) is 0 Å². The molecule has 0 spiro atoms. The molecule has 120 valence electrons. The molecule has 0 aromatic heterocycles. The van der Waals surface area contributed by atoms with Crippen LogP contribution in [0.1, 0.15) is 11.1 Å². The summed E-state index contributed by atoms with van der Waals surface area (Å²) >= 11 is 0. The first-order valence-corrected chi connectivity index (χ1v) is 6.97. The lowest BCUT2D eigenvalue weighted by Crippen LogP contribution is -1.99. The molecule has 1 N–H and O–H groups in total. The van der Waals surface area contributed by atoms with Crippen LogP contribution in [0, 0.1) is 0 Å². The van der Waals surface area contributed by atoms with Crippen LogP contribution >= 0.6 is 0 Å². The van der Waals surface area contributed by atoms with E-state index in [0.717, 1.165) is 11.6 Å². The van der Waals surface area contributed by atoms with E-state index in [4.69, 9.17) is 19.3 Å². The van der Waals surface area contributed by atoms with Gasteiger partial charge in [0, 0.05) is 18.2 Å². The van der Waals surface area contributed by atoms with Crippen molar-refractivity contribution < 1.29 is 24.1 Å². The zero-order valence-corrected chi connectivity index (χ0v) is 13.0. The van der Waals surface area contributed by atoms with E-state index in [1.165, 1.54) is 20.3 Å². The third-order valence-corrected chi connectivity index (χ3v) is 3.16. The van der Waals surface area contributed by atoms with Crippen LogP contribution in [-0.4, -0.2) is 25.3 Å². The van der Waals surface area contributed by atoms with E-state index in [2.05, 4.69) is 0 Å². The van der Waals surface area contributed by atoms with Gasteiger partial charge in [-0.05, 0) is 11.6 Å². The number of hydrogen-bond donors (Lipinski definition) is 1. The molecule has 0 unspecified atom stereocenters. The highest BCUT2D eigenvalue weighted by Gasteiger charge is 2.11. The summed E-state index contributed by atoms with van der Waals surface area (Å²) in [5.74, 6) is 0.489. The minimum atomic E-state index is -1.04. The summed E-state index contributed by atoms with van der Waals surface area (Å²) < 4.78 is 16.4. The minimum Gasteiger partial charge on any atom is -0.496 e. The molecule has 0 bridgehead atoms. The number of aliphatic carboxylic acids is 1. The maximum absolute atomic E-state index is 10.7. The molecule has 0 saturated carbocycles. The number of rotatable bonds is 7. The van der Waals surface area contributed by atoms with Crippen LogP contribution < -0.4 is 14.2 Å². The molecule has 0 heterocycles. The average molecular weight is 314 g/mol. The summed E-state index contributed by atoms with van der Waals surface area (Å²) in [5, 5.41) is 8.77. The topological polar surface area (TPSA) is 65.0 Å². The van der Waals surface area contributed by atoms with Crippen molar-refractivity contribution in [3.8, 4) is 17.2 Å². The fourth-order valence-electron chi connectivity index (χ4n) is 2.06. The van der Waals surface area contributed by atoms with Crippen molar-refractivity contribution in [1.29, 1.82) is 0 Å². The van der Waals surface area contributed by atoms with Crippen molar-refractivity contribution in [2.24, 2.45) is 0 Å². The van der Waals surface area contributed by atoms with Crippen LogP contribution in [0.3, 0.4) is 0 Å². The molecule has 0 saturated heterocycles. The number of methoxy groups -OCH3 is 2. The van der Waals surface area contributed by atoms with E-state index in [1.54, 1.807) is 12.1 Å². The van der Waals surface area contributed by atoms with E-state index in [1.807, 2.05) is 30.3 Å². The van der Waals surface area contributed by atoms with E-state index in [9.17, 15) is 4.79 Å². The minimum absolute atomic E-state index is 0.414. The van der Waals surface area contributed by atoms with Crippen molar-refractivity contribution >= 4 is 12.0 Å². The Kier molecular flexibility index (Phi) is 5.63. The number of carbonyl (C=O) groups is 1. The Morgan fingerprint density at radius 2 is 1.70 bits per heavy atom. The molecule has 2 aromatic rings. The third-order valence-electron chi connectivity index (χ3n) is 3.16. The summed E-state index contributed by atoms with van der Waals surface area (Å²) in [6.45, 7) is 0.414. The highest BCUT2D eigenvalue weighted by molar-refractivity contribution is 5.87. The van der Waals surface area contributed by atoms with Gasteiger partial charge in [0.1, 0.15) is 23.9 Å². The van der Waals surface area contributed by atoms with Gasteiger partial charge in [-0.1, -0.05) is 30.3 Å². The predicted molar refractivity (Wildman–Crippen MR) is 87.0 cm³/mol. The molecule has 0 amide bonds. The second-order valence-electron chi connectivity index (χ2n) is 4.69. The molecule has 0 radical (unpaired) electrons. The number of carboxylic acids is 1. The van der Waals surface area contributed by atoms with Gasteiger partial charge in [-0.3, -0.25) is 0 Å². The van der Waals surface area contributed by atoms with Gasteiger partial charge in [0.05, 0.1) is 19.8 Å². The Morgan fingerprint density at radius 3 is 2.22 bits per heavy atom. The average Bonchev–Trinajstić information content (AvgIpc) is 2.58. The summed E-state index contributed by atoms with van der Waals surface area (Å²) in [7, 11) is 3.02. The standard InChI is InChI=1S/C18H18O5/c1-21-16-10-14(23-12-13-6-4-3-5-7-13)11-17(22-2)15(16)8-9-18(19)20/h3-11H,12H2,1-2H3,(H,19,20). The van der Waals surface area contributed by atoms with E-state index in [-0.39, 0.29) is 0 Å². The van der Waals surface area contributed by atoms with Crippen molar-refractivity contribution in [3.05, 3.63) is 59.7 Å². The summed E-state index contributed by atoms with van der Waals surface area (Å²) in [6.07, 6.45) is 2.46. The van der Waals surface area contributed by atoms with Crippen LogP contribution in [-0.2, 0) is 11.4 Å². The van der Waals surface area contributed by atoms with Crippen LogP contribution in [0.25, 0.3) is 6.08 Å². The fraction of sp³-hybridized carbons (Fsp3) is 0.167. The molecule has 0 atom stereocenters. The molecular weight excluding hydrogens is 296 g/mol. The van der Waals surface area contributed by atoms with Gasteiger partial charge in [-0.15, -0.1) is 0 Å².